The van der Waals surface area contributed by atoms with Crippen LogP contribution in [0.2, 0.25) is 0 Å². The van der Waals surface area contributed by atoms with Crippen molar-refractivity contribution in [3.8, 4) is 17.2 Å². The zero-order valence-electron chi connectivity index (χ0n) is 9.73. The molecule has 98 valence electrons. The standard InChI is InChI=1S/C12H13FO5/c1-18-7-5-6(14)10(15)8(9(7)13)12(11(16)17)3-2-4-12/h5,14-15H,2-4H2,1H3,(H,16,17). The second-order valence-corrected chi connectivity index (χ2v) is 4.38. The van der Waals surface area contributed by atoms with Gasteiger partial charge in [0.05, 0.1) is 18.1 Å². The number of carboxylic acid groups (broad SMARTS) is 1. The zero-order valence-corrected chi connectivity index (χ0v) is 9.73. The summed E-state index contributed by atoms with van der Waals surface area (Å²) in [5.41, 5.74) is -1.86. The molecule has 1 saturated carbocycles. The fourth-order valence-corrected chi connectivity index (χ4v) is 2.30. The van der Waals surface area contributed by atoms with Crippen molar-refractivity contribution in [2.75, 3.05) is 7.11 Å². The molecule has 0 aliphatic heterocycles. The third-order valence-corrected chi connectivity index (χ3v) is 3.50. The first-order valence-corrected chi connectivity index (χ1v) is 5.46. The van der Waals surface area contributed by atoms with Crippen LogP contribution in [0.15, 0.2) is 6.07 Å². The highest BCUT2D eigenvalue weighted by Gasteiger charge is 2.50. The van der Waals surface area contributed by atoms with Crippen LogP contribution in [0.5, 0.6) is 17.2 Å². The van der Waals surface area contributed by atoms with Crippen molar-refractivity contribution in [2.45, 2.75) is 24.7 Å². The van der Waals surface area contributed by atoms with Gasteiger partial charge in [-0.15, -0.1) is 0 Å². The fraction of sp³-hybridized carbons (Fsp3) is 0.417. The zero-order chi connectivity index (χ0) is 13.5. The molecule has 6 heteroatoms. The van der Waals surface area contributed by atoms with Crippen molar-refractivity contribution in [1.82, 2.24) is 0 Å². The first-order chi connectivity index (χ1) is 8.44. The van der Waals surface area contributed by atoms with Gasteiger partial charge in [-0.3, -0.25) is 4.79 Å². The summed E-state index contributed by atoms with van der Waals surface area (Å²) in [4.78, 5) is 11.3. The molecule has 1 aliphatic rings. The van der Waals surface area contributed by atoms with Crippen LogP contribution in [0, 0.1) is 5.82 Å². The molecule has 0 spiro atoms. The monoisotopic (exact) mass is 256 g/mol. The van der Waals surface area contributed by atoms with Gasteiger partial charge < -0.3 is 20.1 Å². The van der Waals surface area contributed by atoms with E-state index in [1.54, 1.807) is 0 Å². The van der Waals surface area contributed by atoms with Crippen molar-refractivity contribution in [3.05, 3.63) is 17.4 Å². The summed E-state index contributed by atoms with van der Waals surface area (Å²) in [7, 11) is 1.20. The van der Waals surface area contributed by atoms with E-state index in [4.69, 9.17) is 4.74 Å². The Balaban J connectivity index is 2.70. The number of carboxylic acids is 1. The number of phenols is 2. The van der Waals surface area contributed by atoms with E-state index in [0.29, 0.717) is 6.42 Å². The van der Waals surface area contributed by atoms with Crippen LogP contribution in [-0.2, 0) is 10.2 Å². The Morgan fingerprint density at radius 1 is 1.44 bits per heavy atom. The number of rotatable bonds is 3. The van der Waals surface area contributed by atoms with Gasteiger partial charge in [0.2, 0.25) is 0 Å². The molecule has 3 N–H and O–H groups in total. The minimum Gasteiger partial charge on any atom is -0.504 e. The molecule has 1 aliphatic carbocycles. The van der Waals surface area contributed by atoms with Crippen molar-refractivity contribution in [3.63, 3.8) is 0 Å². The summed E-state index contributed by atoms with van der Waals surface area (Å²) in [6, 6.07) is 0.919. The van der Waals surface area contributed by atoms with Gasteiger partial charge in [0.15, 0.2) is 23.1 Å². The number of hydrogen-bond acceptors (Lipinski definition) is 4. The lowest BCUT2D eigenvalue weighted by Crippen LogP contribution is -2.43. The Hall–Kier alpha value is -1.98. The topological polar surface area (TPSA) is 87.0 Å². The minimum absolute atomic E-state index is 0.222. The van der Waals surface area contributed by atoms with E-state index in [2.05, 4.69) is 0 Å². The minimum atomic E-state index is -1.47. The molecule has 1 fully saturated rings. The van der Waals surface area contributed by atoms with Gasteiger partial charge >= 0.3 is 5.97 Å². The first-order valence-electron chi connectivity index (χ1n) is 5.46. The number of aromatic hydroxyl groups is 2. The van der Waals surface area contributed by atoms with Gasteiger partial charge in [0.25, 0.3) is 0 Å². The van der Waals surface area contributed by atoms with Crippen LogP contribution in [0.1, 0.15) is 24.8 Å². The molecule has 0 aromatic heterocycles. The van der Waals surface area contributed by atoms with Gasteiger partial charge in [0, 0.05) is 6.07 Å². The summed E-state index contributed by atoms with van der Waals surface area (Å²) in [5, 5.41) is 28.5. The molecule has 2 rings (SSSR count). The lowest BCUT2D eigenvalue weighted by atomic mass is 9.64. The number of halogens is 1. The number of methoxy groups -OCH3 is 1. The van der Waals surface area contributed by atoms with Crippen LogP contribution < -0.4 is 4.74 Å². The normalized spacial score (nSPS) is 17.0. The Kier molecular flexibility index (Phi) is 2.80. The molecule has 0 amide bonds. The molecule has 0 heterocycles. The molecular formula is C12H13FO5. The third kappa shape index (κ3) is 1.48. The maximum Gasteiger partial charge on any atom is 0.314 e. The largest absolute Gasteiger partial charge is 0.504 e. The van der Waals surface area contributed by atoms with Crippen LogP contribution in [0.25, 0.3) is 0 Å². The SMILES string of the molecule is COc1cc(O)c(O)c(C2(C(=O)O)CCC2)c1F. The summed E-state index contributed by atoms with van der Waals surface area (Å²) in [6.45, 7) is 0. The molecule has 1 aromatic rings. The van der Waals surface area contributed by atoms with Gasteiger partial charge in [0.1, 0.15) is 0 Å². The highest BCUT2D eigenvalue weighted by Crippen LogP contribution is 2.52. The van der Waals surface area contributed by atoms with Crippen LogP contribution in [0.3, 0.4) is 0 Å². The molecule has 5 nitrogen and oxygen atoms in total. The first kappa shape index (κ1) is 12.5. The van der Waals surface area contributed by atoms with E-state index in [-0.39, 0.29) is 18.6 Å². The highest BCUT2D eigenvalue weighted by atomic mass is 19.1. The Morgan fingerprint density at radius 3 is 2.44 bits per heavy atom. The van der Waals surface area contributed by atoms with Crippen molar-refractivity contribution >= 4 is 5.97 Å². The maximum absolute atomic E-state index is 14.1. The number of ether oxygens (including phenoxy) is 1. The van der Waals surface area contributed by atoms with E-state index < -0.39 is 34.3 Å². The van der Waals surface area contributed by atoms with Gasteiger partial charge in [-0.2, -0.15) is 0 Å². The second-order valence-electron chi connectivity index (χ2n) is 4.38. The predicted molar refractivity (Wildman–Crippen MR) is 59.4 cm³/mol. The Morgan fingerprint density at radius 2 is 2.06 bits per heavy atom. The van der Waals surface area contributed by atoms with E-state index >= 15 is 0 Å². The Labute approximate surface area is 102 Å². The highest BCUT2D eigenvalue weighted by molar-refractivity contribution is 5.84. The number of carbonyl (C=O) groups is 1. The summed E-state index contributed by atoms with van der Waals surface area (Å²) >= 11 is 0. The number of benzene rings is 1. The number of aliphatic carboxylic acids is 1. The lowest BCUT2D eigenvalue weighted by molar-refractivity contribution is -0.147. The van der Waals surface area contributed by atoms with E-state index in [0.717, 1.165) is 6.07 Å². The molecule has 18 heavy (non-hydrogen) atoms. The smallest absolute Gasteiger partial charge is 0.314 e. The van der Waals surface area contributed by atoms with Crippen LogP contribution >= 0.6 is 0 Å². The van der Waals surface area contributed by atoms with Gasteiger partial charge in [-0.25, -0.2) is 4.39 Å². The average Bonchev–Trinajstić information content (AvgIpc) is 2.26. The molecule has 0 bridgehead atoms. The quantitative estimate of drug-likeness (QED) is 0.717. The fourth-order valence-electron chi connectivity index (χ4n) is 2.30. The number of phenolic OH excluding ortho intramolecular Hbond substituents is 2. The lowest BCUT2D eigenvalue weighted by Gasteiger charge is -2.38. The van der Waals surface area contributed by atoms with Crippen LogP contribution in [0.4, 0.5) is 4.39 Å². The van der Waals surface area contributed by atoms with Crippen molar-refractivity contribution < 1.29 is 29.2 Å². The van der Waals surface area contributed by atoms with E-state index in [9.17, 15) is 24.5 Å². The molecule has 1 aromatic carbocycles. The molecule has 0 unspecified atom stereocenters. The van der Waals surface area contributed by atoms with Gasteiger partial charge in [-0.05, 0) is 12.8 Å². The third-order valence-electron chi connectivity index (χ3n) is 3.50. The van der Waals surface area contributed by atoms with Crippen molar-refractivity contribution in [2.24, 2.45) is 0 Å². The van der Waals surface area contributed by atoms with E-state index in [1.807, 2.05) is 0 Å². The summed E-state index contributed by atoms with van der Waals surface area (Å²) < 4.78 is 18.9. The van der Waals surface area contributed by atoms with E-state index in [1.165, 1.54) is 7.11 Å². The van der Waals surface area contributed by atoms with Crippen LogP contribution in [-0.4, -0.2) is 28.4 Å². The molecule has 0 radical (unpaired) electrons. The second kappa shape index (κ2) is 4.04. The average molecular weight is 256 g/mol. The Bertz CT molecular complexity index is 508. The summed E-state index contributed by atoms with van der Waals surface area (Å²) in [6.07, 6.45) is 1.07. The van der Waals surface area contributed by atoms with Crippen molar-refractivity contribution in [1.29, 1.82) is 0 Å². The maximum atomic E-state index is 14.1. The molecular weight excluding hydrogens is 243 g/mol. The predicted octanol–water partition coefficient (Wildman–Crippen LogP) is 1.75. The summed E-state index contributed by atoms with van der Waals surface area (Å²) in [5.74, 6) is -3.75. The molecule has 0 atom stereocenters. The number of hydrogen-bond donors (Lipinski definition) is 3. The molecule has 0 saturated heterocycles. The van der Waals surface area contributed by atoms with Gasteiger partial charge in [-0.1, -0.05) is 6.42 Å².